The highest BCUT2D eigenvalue weighted by atomic mass is 35.5. The molecule has 5 nitrogen and oxygen atoms in total. The summed E-state index contributed by atoms with van der Waals surface area (Å²) in [5.74, 6) is 0.130. The fraction of sp³-hybridized carbons (Fsp3) is 0.381. The molecule has 148 valence electrons. The lowest BCUT2D eigenvalue weighted by atomic mass is 10.1. The largest absolute Gasteiger partial charge is 0.484 e. The van der Waals surface area contributed by atoms with Crippen LogP contribution in [0.4, 0.5) is 10.1 Å². The Morgan fingerprint density at radius 3 is 2.82 bits per heavy atom. The van der Waals surface area contributed by atoms with E-state index in [1.54, 1.807) is 12.1 Å². The molecule has 0 spiro atoms. The van der Waals surface area contributed by atoms with Gasteiger partial charge in [0.05, 0.1) is 6.04 Å². The Kier molecular flexibility index (Phi) is 5.53. The van der Waals surface area contributed by atoms with Crippen LogP contribution in [0.25, 0.3) is 0 Å². The van der Waals surface area contributed by atoms with Crippen molar-refractivity contribution >= 4 is 23.2 Å². The molecule has 0 unspecified atom stereocenters. The molecule has 0 aromatic heterocycles. The molecule has 0 radical (unpaired) electrons. The molecule has 1 amide bonds. The number of carbonyl (C=O) groups is 1. The molecule has 2 N–H and O–H groups in total. The Bertz CT molecular complexity index is 886. The zero-order chi connectivity index (χ0) is 19.7. The number of hydrogen-bond acceptors (Lipinski definition) is 4. The minimum Gasteiger partial charge on any atom is -0.484 e. The third kappa shape index (κ3) is 3.99. The molecule has 1 saturated heterocycles. The molecule has 1 heterocycles. The third-order valence-corrected chi connectivity index (χ3v) is 5.64. The van der Waals surface area contributed by atoms with Gasteiger partial charge in [-0.3, -0.25) is 9.69 Å². The van der Waals surface area contributed by atoms with Crippen molar-refractivity contribution in [2.24, 2.45) is 0 Å². The number of carbonyl (C=O) groups excluding carboxylic acids is 1. The number of benzene rings is 2. The standard InChI is InChI=1S/C21H23ClFN3O2/c1-13(27)25-15-3-2-4-16(11-15)28-21-18-9-14(23)10-19(22)17(18)12-20(21)26-7-5-24-6-8-26/h2-4,9-11,20-21,24H,5-8,12H2,1H3,(H,25,27)/t20-,21-/m0/s1. The molecule has 1 aliphatic heterocycles. The quantitative estimate of drug-likeness (QED) is 0.821. The van der Waals surface area contributed by atoms with E-state index in [1.807, 2.05) is 12.1 Å². The smallest absolute Gasteiger partial charge is 0.221 e. The topological polar surface area (TPSA) is 53.6 Å². The normalized spacial score (nSPS) is 22.0. The number of rotatable bonds is 4. The molecule has 0 bridgehead atoms. The first-order valence-corrected chi connectivity index (χ1v) is 9.86. The van der Waals surface area contributed by atoms with Gasteiger partial charge in [0.25, 0.3) is 0 Å². The molecule has 2 aromatic rings. The van der Waals surface area contributed by atoms with E-state index in [9.17, 15) is 9.18 Å². The zero-order valence-corrected chi connectivity index (χ0v) is 16.4. The van der Waals surface area contributed by atoms with Crippen LogP contribution in [0.15, 0.2) is 36.4 Å². The number of hydrogen-bond donors (Lipinski definition) is 2. The van der Waals surface area contributed by atoms with Crippen LogP contribution >= 0.6 is 11.6 Å². The molecule has 4 rings (SSSR count). The molecule has 2 aliphatic rings. The summed E-state index contributed by atoms with van der Waals surface area (Å²) in [5, 5.41) is 6.58. The van der Waals surface area contributed by atoms with Crippen molar-refractivity contribution in [2.45, 2.75) is 25.5 Å². The van der Waals surface area contributed by atoms with Crippen molar-refractivity contribution in [3.8, 4) is 5.75 Å². The van der Waals surface area contributed by atoms with Crippen molar-refractivity contribution in [3.05, 3.63) is 58.4 Å². The summed E-state index contributed by atoms with van der Waals surface area (Å²) in [6, 6.07) is 10.3. The molecule has 2 atom stereocenters. The number of amides is 1. The van der Waals surface area contributed by atoms with Crippen LogP contribution in [0.3, 0.4) is 0 Å². The van der Waals surface area contributed by atoms with Gasteiger partial charge in [-0.05, 0) is 36.2 Å². The number of nitrogens with one attached hydrogen (secondary N) is 2. The van der Waals surface area contributed by atoms with E-state index in [2.05, 4.69) is 15.5 Å². The molecular weight excluding hydrogens is 381 g/mol. The molecule has 1 fully saturated rings. The first-order valence-electron chi connectivity index (χ1n) is 9.48. The van der Waals surface area contributed by atoms with Crippen molar-refractivity contribution < 1.29 is 13.9 Å². The number of nitrogens with zero attached hydrogens (tertiary/aromatic N) is 1. The molecule has 0 saturated carbocycles. The average Bonchev–Trinajstić information content (AvgIpc) is 3.01. The van der Waals surface area contributed by atoms with Crippen LogP contribution in [-0.2, 0) is 11.2 Å². The summed E-state index contributed by atoms with van der Waals surface area (Å²) in [6.45, 7) is 5.11. The second-order valence-electron chi connectivity index (χ2n) is 7.26. The maximum Gasteiger partial charge on any atom is 0.221 e. The predicted molar refractivity (Wildman–Crippen MR) is 107 cm³/mol. The van der Waals surface area contributed by atoms with Crippen molar-refractivity contribution in [1.29, 1.82) is 0 Å². The van der Waals surface area contributed by atoms with Gasteiger partial charge in [0.2, 0.25) is 5.91 Å². The van der Waals surface area contributed by atoms with Crippen LogP contribution < -0.4 is 15.4 Å². The summed E-state index contributed by atoms with van der Waals surface area (Å²) in [5.41, 5.74) is 2.42. The monoisotopic (exact) mass is 403 g/mol. The summed E-state index contributed by atoms with van der Waals surface area (Å²) in [7, 11) is 0. The van der Waals surface area contributed by atoms with E-state index in [-0.39, 0.29) is 23.9 Å². The highest BCUT2D eigenvalue weighted by molar-refractivity contribution is 6.31. The van der Waals surface area contributed by atoms with E-state index < -0.39 is 0 Å². The van der Waals surface area contributed by atoms with Crippen molar-refractivity contribution in [1.82, 2.24) is 10.2 Å². The minimum atomic E-state index is -0.356. The molecule has 1 aliphatic carbocycles. The first-order chi connectivity index (χ1) is 13.5. The van der Waals surface area contributed by atoms with E-state index in [1.165, 1.54) is 19.1 Å². The van der Waals surface area contributed by atoms with E-state index in [0.29, 0.717) is 16.5 Å². The maximum atomic E-state index is 14.1. The fourth-order valence-electron chi connectivity index (χ4n) is 4.09. The second kappa shape index (κ2) is 8.07. The zero-order valence-electron chi connectivity index (χ0n) is 15.7. The Morgan fingerprint density at radius 1 is 1.29 bits per heavy atom. The fourth-order valence-corrected chi connectivity index (χ4v) is 4.38. The van der Waals surface area contributed by atoms with Gasteiger partial charge in [0.1, 0.15) is 17.7 Å². The number of fused-ring (bicyclic) bond motifs is 1. The number of halogens is 2. The van der Waals surface area contributed by atoms with Gasteiger partial charge in [0.15, 0.2) is 0 Å². The highest BCUT2D eigenvalue weighted by Crippen LogP contribution is 2.42. The Balaban J connectivity index is 1.66. The number of piperazine rings is 1. The van der Waals surface area contributed by atoms with E-state index in [4.69, 9.17) is 16.3 Å². The van der Waals surface area contributed by atoms with Gasteiger partial charge in [-0.1, -0.05) is 17.7 Å². The van der Waals surface area contributed by atoms with Gasteiger partial charge in [-0.2, -0.15) is 0 Å². The lowest BCUT2D eigenvalue weighted by Crippen LogP contribution is -2.50. The van der Waals surface area contributed by atoms with E-state index >= 15 is 0 Å². The third-order valence-electron chi connectivity index (χ3n) is 5.30. The number of ether oxygens (including phenoxy) is 1. The average molecular weight is 404 g/mol. The van der Waals surface area contributed by atoms with Gasteiger partial charge < -0.3 is 15.4 Å². The highest BCUT2D eigenvalue weighted by Gasteiger charge is 2.40. The van der Waals surface area contributed by atoms with Gasteiger partial charge in [-0.15, -0.1) is 0 Å². The van der Waals surface area contributed by atoms with Gasteiger partial charge in [-0.25, -0.2) is 4.39 Å². The van der Waals surface area contributed by atoms with Gasteiger partial charge in [0, 0.05) is 55.4 Å². The molecule has 2 aromatic carbocycles. The Morgan fingerprint density at radius 2 is 2.07 bits per heavy atom. The van der Waals surface area contributed by atoms with Crippen LogP contribution in [0, 0.1) is 5.82 Å². The van der Waals surface area contributed by atoms with Crippen molar-refractivity contribution in [3.63, 3.8) is 0 Å². The van der Waals surface area contributed by atoms with Crippen LogP contribution in [0.2, 0.25) is 5.02 Å². The Labute approximate surface area is 168 Å². The summed E-state index contributed by atoms with van der Waals surface area (Å²) in [4.78, 5) is 13.7. The summed E-state index contributed by atoms with van der Waals surface area (Å²) < 4.78 is 20.5. The molecular formula is C21H23ClFN3O2. The lowest BCUT2D eigenvalue weighted by molar-refractivity contribution is -0.114. The maximum absolute atomic E-state index is 14.1. The Hall–Kier alpha value is -2.15. The van der Waals surface area contributed by atoms with Crippen LogP contribution in [0.1, 0.15) is 24.2 Å². The van der Waals surface area contributed by atoms with Crippen LogP contribution in [0.5, 0.6) is 5.75 Å². The molecule has 7 heteroatoms. The summed E-state index contributed by atoms with van der Waals surface area (Å²) >= 11 is 6.36. The lowest BCUT2D eigenvalue weighted by Gasteiger charge is -2.36. The SMILES string of the molecule is CC(=O)Nc1cccc(O[C@H]2c3cc(F)cc(Cl)c3C[C@@H]2N2CCNCC2)c1. The summed E-state index contributed by atoms with van der Waals surface area (Å²) in [6.07, 6.45) is 0.402. The second-order valence-corrected chi connectivity index (χ2v) is 7.67. The molecule has 28 heavy (non-hydrogen) atoms. The van der Waals surface area contributed by atoms with Crippen molar-refractivity contribution in [2.75, 3.05) is 31.5 Å². The van der Waals surface area contributed by atoms with Gasteiger partial charge >= 0.3 is 0 Å². The minimum absolute atomic E-state index is 0.0841. The van der Waals surface area contributed by atoms with Crippen LogP contribution in [-0.4, -0.2) is 43.0 Å². The predicted octanol–water partition coefficient (Wildman–Crippen LogP) is 3.39. The number of anilines is 1. The van der Waals surface area contributed by atoms with E-state index in [0.717, 1.165) is 43.7 Å². The first kappa shape index (κ1) is 19.2.